The lowest BCUT2D eigenvalue weighted by atomic mass is 10.1. The largest absolute Gasteiger partial charge is 0.456 e. The Morgan fingerprint density at radius 3 is 2.86 bits per heavy atom. The number of aromatic nitrogens is 5. The smallest absolute Gasteiger partial charge is 0.317 e. The van der Waals surface area contributed by atoms with Gasteiger partial charge in [0.05, 0.1) is 11.0 Å². The average molecular weight is 497 g/mol. The van der Waals surface area contributed by atoms with E-state index in [1.165, 1.54) is 0 Å². The molecule has 0 radical (unpaired) electrons. The maximum Gasteiger partial charge on any atom is 0.317 e. The van der Waals surface area contributed by atoms with Crippen LogP contribution in [0.4, 0.5) is 10.6 Å². The van der Waals surface area contributed by atoms with E-state index in [2.05, 4.69) is 35.8 Å². The highest BCUT2D eigenvalue weighted by molar-refractivity contribution is 5.93. The van der Waals surface area contributed by atoms with Gasteiger partial charge in [-0.25, -0.2) is 14.8 Å². The fraction of sp³-hybridized carbons (Fsp3) is 0.259. The number of urea groups is 1. The van der Waals surface area contributed by atoms with Crippen LogP contribution >= 0.6 is 0 Å². The second-order valence-corrected chi connectivity index (χ2v) is 9.10. The van der Waals surface area contributed by atoms with Gasteiger partial charge in [-0.05, 0) is 56.2 Å². The highest BCUT2D eigenvalue weighted by Crippen LogP contribution is 2.34. The van der Waals surface area contributed by atoms with Crippen LogP contribution in [0, 0.1) is 0 Å². The molecule has 4 N–H and O–H groups in total. The van der Waals surface area contributed by atoms with Crippen molar-refractivity contribution in [1.29, 1.82) is 0 Å². The number of aromatic amines is 2. The molecular weight excluding hydrogens is 468 g/mol. The van der Waals surface area contributed by atoms with Crippen LogP contribution in [-0.2, 0) is 0 Å². The van der Waals surface area contributed by atoms with Gasteiger partial charge in [0, 0.05) is 43.5 Å². The van der Waals surface area contributed by atoms with E-state index in [4.69, 9.17) is 4.74 Å². The number of ether oxygens (including phenoxy) is 1. The zero-order valence-corrected chi connectivity index (χ0v) is 20.5. The van der Waals surface area contributed by atoms with Gasteiger partial charge in [0.25, 0.3) is 0 Å². The predicted molar refractivity (Wildman–Crippen MR) is 143 cm³/mol. The molecule has 4 heterocycles. The fourth-order valence-electron chi connectivity index (χ4n) is 4.75. The predicted octanol–water partition coefficient (Wildman–Crippen LogP) is 4.90. The van der Waals surface area contributed by atoms with Gasteiger partial charge in [0.1, 0.15) is 22.7 Å². The zero-order chi connectivity index (χ0) is 25.2. The summed E-state index contributed by atoms with van der Waals surface area (Å²) in [4.78, 5) is 26.6. The number of amides is 2. The lowest BCUT2D eigenvalue weighted by Crippen LogP contribution is -2.49. The first-order valence-corrected chi connectivity index (χ1v) is 12.5. The van der Waals surface area contributed by atoms with Crippen LogP contribution in [0.5, 0.6) is 11.5 Å². The first-order valence-electron chi connectivity index (χ1n) is 12.5. The molecule has 2 aromatic carbocycles. The van der Waals surface area contributed by atoms with E-state index < -0.39 is 0 Å². The number of para-hydroxylation sites is 2. The Labute approximate surface area is 213 Å². The number of H-pyrrole nitrogens is 2. The molecule has 1 fully saturated rings. The second-order valence-electron chi connectivity index (χ2n) is 9.10. The van der Waals surface area contributed by atoms with E-state index in [0.29, 0.717) is 36.1 Å². The van der Waals surface area contributed by atoms with Crippen molar-refractivity contribution in [2.24, 2.45) is 0 Å². The van der Waals surface area contributed by atoms with Gasteiger partial charge in [-0.1, -0.05) is 12.1 Å². The number of piperidine rings is 1. The molecule has 0 aliphatic carbocycles. The number of anilines is 1. The van der Waals surface area contributed by atoms with E-state index in [-0.39, 0.29) is 12.1 Å². The van der Waals surface area contributed by atoms with E-state index in [1.807, 2.05) is 66.4 Å². The molecule has 6 rings (SSSR count). The van der Waals surface area contributed by atoms with Crippen LogP contribution in [-0.4, -0.2) is 61.8 Å². The van der Waals surface area contributed by atoms with Crippen molar-refractivity contribution in [2.45, 2.75) is 25.8 Å². The monoisotopic (exact) mass is 496 g/mol. The number of hydrogen-bond acceptors (Lipinski definition) is 6. The van der Waals surface area contributed by atoms with Gasteiger partial charge < -0.3 is 25.3 Å². The Bertz CT molecular complexity index is 1510. The molecule has 0 saturated carbocycles. The number of nitrogens with one attached hydrogen (secondary N) is 4. The number of carbonyl (C=O) groups excluding carboxylic acids is 1. The molecule has 1 aliphatic heterocycles. The highest BCUT2D eigenvalue weighted by Gasteiger charge is 2.25. The quantitative estimate of drug-likeness (QED) is 0.265. The molecule has 0 unspecified atom stereocenters. The lowest BCUT2D eigenvalue weighted by molar-refractivity contribution is 0.183. The number of imidazole rings is 1. The highest BCUT2D eigenvalue weighted by atomic mass is 16.5. The van der Waals surface area contributed by atoms with Crippen molar-refractivity contribution >= 4 is 33.9 Å². The van der Waals surface area contributed by atoms with Gasteiger partial charge in [-0.15, -0.1) is 0 Å². The normalized spacial score (nSPS) is 15.7. The molecule has 2 amide bonds. The summed E-state index contributed by atoms with van der Waals surface area (Å²) in [5.74, 6) is 2.82. The van der Waals surface area contributed by atoms with Crippen LogP contribution < -0.4 is 15.4 Å². The third kappa shape index (κ3) is 4.65. The topological polar surface area (TPSA) is 124 Å². The van der Waals surface area contributed by atoms with E-state index >= 15 is 0 Å². The van der Waals surface area contributed by atoms with Gasteiger partial charge in [-0.2, -0.15) is 5.10 Å². The first-order chi connectivity index (χ1) is 18.2. The first kappa shape index (κ1) is 22.8. The number of likely N-dealkylation sites (tertiary alicyclic amines) is 1. The summed E-state index contributed by atoms with van der Waals surface area (Å²) in [5.41, 5.74) is 3.55. The molecule has 0 bridgehead atoms. The van der Waals surface area contributed by atoms with Crippen LogP contribution in [0.15, 0.2) is 60.8 Å². The van der Waals surface area contributed by atoms with Crippen LogP contribution in [0.25, 0.3) is 33.5 Å². The summed E-state index contributed by atoms with van der Waals surface area (Å²) in [6.07, 6.45) is 3.57. The Kier molecular flexibility index (Phi) is 6.05. The average Bonchev–Trinajstić information content (AvgIpc) is 3.54. The summed E-state index contributed by atoms with van der Waals surface area (Å²) in [5, 5.41) is 14.6. The van der Waals surface area contributed by atoms with Crippen molar-refractivity contribution in [3.8, 4) is 22.9 Å². The van der Waals surface area contributed by atoms with Gasteiger partial charge in [-0.3, -0.25) is 5.10 Å². The summed E-state index contributed by atoms with van der Waals surface area (Å²) >= 11 is 0. The number of hydrogen-bond donors (Lipinski definition) is 4. The minimum atomic E-state index is -0.0299. The Morgan fingerprint density at radius 1 is 1.16 bits per heavy atom. The number of nitrogens with zero attached hydrogens (tertiary/aromatic N) is 4. The third-order valence-electron chi connectivity index (χ3n) is 6.55. The van der Waals surface area contributed by atoms with Crippen molar-refractivity contribution < 1.29 is 9.53 Å². The number of fused-ring (bicyclic) bond motifs is 2. The summed E-state index contributed by atoms with van der Waals surface area (Å²) < 4.78 is 6.28. The molecule has 1 aliphatic rings. The van der Waals surface area contributed by atoms with Crippen molar-refractivity contribution in [3.05, 3.63) is 60.8 Å². The molecule has 0 spiro atoms. The molecule has 10 nitrogen and oxygen atoms in total. The Balaban J connectivity index is 1.21. The van der Waals surface area contributed by atoms with Crippen molar-refractivity contribution in [3.63, 3.8) is 0 Å². The SMILES string of the molecule is CCNC(=O)N1CCC[C@@H](Nc2n[nH]c3nccc(Oc4ccc(-c5nc6ccccc6[nH]5)cc4)c23)C1. The molecule has 3 aromatic heterocycles. The third-order valence-corrected chi connectivity index (χ3v) is 6.55. The molecule has 188 valence electrons. The lowest BCUT2D eigenvalue weighted by Gasteiger charge is -2.33. The minimum absolute atomic E-state index is 0.0299. The summed E-state index contributed by atoms with van der Waals surface area (Å²) in [6.45, 7) is 3.91. The van der Waals surface area contributed by atoms with E-state index in [1.54, 1.807) is 6.20 Å². The van der Waals surface area contributed by atoms with Crippen LogP contribution in [0.1, 0.15) is 19.8 Å². The van der Waals surface area contributed by atoms with Crippen LogP contribution in [0.2, 0.25) is 0 Å². The van der Waals surface area contributed by atoms with Gasteiger partial charge in [0.15, 0.2) is 11.5 Å². The van der Waals surface area contributed by atoms with Crippen molar-refractivity contribution in [1.82, 2.24) is 35.4 Å². The Morgan fingerprint density at radius 2 is 2.03 bits per heavy atom. The maximum absolute atomic E-state index is 12.3. The molecule has 1 saturated heterocycles. The number of rotatable bonds is 6. The fourth-order valence-corrected chi connectivity index (χ4v) is 4.75. The zero-order valence-electron chi connectivity index (χ0n) is 20.5. The summed E-state index contributed by atoms with van der Waals surface area (Å²) in [6, 6.07) is 17.7. The summed E-state index contributed by atoms with van der Waals surface area (Å²) in [7, 11) is 0. The number of carbonyl (C=O) groups is 1. The second kappa shape index (κ2) is 9.81. The maximum atomic E-state index is 12.3. The van der Waals surface area contributed by atoms with E-state index in [0.717, 1.165) is 47.2 Å². The molecule has 10 heteroatoms. The number of pyridine rings is 1. The molecular formula is C27H28N8O2. The van der Waals surface area contributed by atoms with Crippen LogP contribution in [0.3, 0.4) is 0 Å². The minimum Gasteiger partial charge on any atom is -0.456 e. The van der Waals surface area contributed by atoms with Crippen molar-refractivity contribution in [2.75, 3.05) is 25.0 Å². The van der Waals surface area contributed by atoms with E-state index in [9.17, 15) is 4.79 Å². The molecule has 1 atom stereocenters. The number of benzene rings is 2. The standard InChI is InChI=1S/C27H28N8O2/c1-2-28-27(36)35-15-5-6-18(16-35)30-26-23-22(13-14-29-25(23)33-34-26)37-19-11-9-17(10-12-19)24-31-20-7-3-4-8-21(20)32-24/h3-4,7-14,18H,2,5-6,15-16H2,1H3,(H,28,36)(H,31,32)(H2,29,30,33,34)/t18-/m1/s1. The Hall–Kier alpha value is -4.60. The molecule has 37 heavy (non-hydrogen) atoms. The van der Waals surface area contributed by atoms with Gasteiger partial charge >= 0.3 is 6.03 Å². The van der Waals surface area contributed by atoms with Gasteiger partial charge in [0.2, 0.25) is 0 Å². The molecule has 5 aromatic rings.